The monoisotopic (exact) mass is 431 g/mol. The number of carbonyl (C=O) groups excluding carboxylic acids is 1. The van der Waals surface area contributed by atoms with Crippen molar-refractivity contribution in [3.63, 3.8) is 0 Å². The summed E-state index contributed by atoms with van der Waals surface area (Å²) in [4.78, 5) is 26.3. The molecule has 0 saturated heterocycles. The van der Waals surface area contributed by atoms with Crippen LogP contribution in [0, 0.1) is 0 Å². The van der Waals surface area contributed by atoms with E-state index in [0.717, 1.165) is 41.7 Å². The van der Waals surface area contributed by atoms with Gasteiger partial charge in [0.2, 0.25) is 5.91 Å². The second kappa shape index (κ2) is 9.58. The molecule has 0 bridgehead atoms. The molecular weight excluding hydrogens is 398 g/mol. The maximum Gasteiger partial charge on any atom is 0.220 e. The molecule has 0 spiro atoms. The van der Waals surface area contributed by atoms with E-state index < -0.39 is 0 Å². The number of amides is 1. The highest BCUT2D eigenvalue weighted by atomic mass is 32.1. The molecule has 2 aromatic rings. The van der Waals surface area contributed by atoms with Crippen molar-refractivity contribution < 1.29 is 9.90 Å². The fourth-order valence-corrected chi connectivity index (χ4v) is 6.15. The predicted molar refractivity (Wildman–Crippen MR) is 121 cm³/mol. The molecule has 4 rings (SSSR count). The van der Waals surface area contributed by atoms with Crippen molar-refractivity contribution in [2.45, 2.75) is 69.4 Å². The van der Waals surface area contributed by atoms with Gasteiger partial charge in [-0.25, -0.2) is 9.97 Å². The lowest BCUT2D eigenvalue weighted by Crippen LogP contribution is -2.36. The molecule has 1 amide bonds. The second-order valence-corrected chi connectivity index (χ2v) is 9.91. The van der Waals surface area contributed by atoms with Gasteiger partial charge in [-0.05, 0) is 70.5 Å². The van der Waals surface area contributed by atoms with Gasteiger partial charge in [0.25, 0.3) is 0 Å². The lowest BCUT2D eigenvalue weighted by molar-refractivity contribution is -0.121. The van der Waals surface area contributed by atoms with Gasteiger partial charge in [-0.3, -0.25) is 4.79 Å². The predicted octanol–water partition coefficient (Wildman–Crippen LogP) is 2.89. The topological polar surface area (TPSA) is 90.4 Å². The minimum Gasteiger partial charge on any atom is -0.396 e. The van der Waals surface area contributed by atoms with Crippen LogP contribution in [0.15, 0.2) is 6.33 Å². The highest BCUT2D eigenvalue weighted by Crippen LogP contribution is 2.46. The summed E-state index contributed by atoms with van der Waals surface area (Å²) in [7, 11) is 4.34. The number of thiophene rings is 1. The molecule has 8 heteroatoms. The molecule has 164 valence electrons. The highest BCUT2D eigenvalue weighted by molar-refractivity contribution is 7.19. The van der Waals surface area contributed by atoms with Crippen LogP contribution in [0.1, 0.15) is 61.3 Å². The van der Waals surface area contributed by atoms with Crippen LogP contribution in [0.25, 0.3) is 10.2 Å². The maximum absolute atomic E-state index is 12.4. The van der Waals surface area contributed by atoms with Crippen LogP contribution in [0.3, 0.4) is 0 Å². The quantitative estimate of drug-likeness (QED) is 0.557. The first kappa shape index (κ1) is 21.5. The average Bonchev–Trinajstić information content (AvgIpc) is 3.29. The Kier molecular flexibility index (Phi) is 6.85. The first-order valence-corrected chi connectivity index (χ1v) is 11.9. The first-order chi connectivity index (χ1) is 14.6. The Bertz CT molecular complexity index is 876. The van der Waals surface area contributed by atoms with Crippen molar-refractivity contribution in [3.05, 3.63) is 16.8 Å². The number of hydrogen-bond donors (Lipinski definition) is 3. The van der Waals surface area contributed by atoms with E-state index in [2.05, 4.69) is 39.6 Å². The fourth-order valence-electron chi connectivity index (χ4n) is 4.91. The summed E-state index contributed by atoms with van der Waals surface area (Å²) in [5.41, 5.74) is 1.29. The van der Waals surface area contributed by atoms with E-state index in [1.54, 1.807) is 17.7 Å². The number of rotatable bonds is 8. The van der Waals surface area contributed by atoms with Gasteiger partial charge in [-0.2, -0.15) is 0 Å². The first-order valence-electron chi connectivity index (χ1n) is 11.1. The number of fused-ring (bicyclic) bond motifs is 3. The summed E-state index contributed by atoms with van der Waals surface area (Å²) in [6, 6.07) is 1.11. The van der Waals surface area contributed by atoms with E-state index >= 15 is 0 Å². The molecule has 1 saturated carbocycles. The van der Waals surface area contributed by atoms with Crippen LogP contribution < -0.4 is 10.6 Å². The van der Waals surface area contributed by atoms with E-state index in [4.69, 9.17) is 5.11 Å². The molecule has 2 heterocycles. The van der Waals surface area contributed by atoms with Crippen molar-refractivity contribution in [2.24, 2.45) is 0 Å². The van der Waals surface area contributed by atoms with E-state index in [9.17, 15) is 4.79 Å². The number of aryl methyl sites for hydroxylation is 1. The smallest absolute Gasteiger partial charge is 0.220 e. The summed E-state index contributed by atoms with van der Waals surface area (Å²) < 4.78 is 0. The van der Waals surface area contributed by atoms with Crippen molar-refractivity contribution >= 4 is 33.3 Å². The van der Waals surface area contributed by atoms with Gasteiger partial charge in [0.05, 0.1) is 5.39 Å². The number of carbonyl (C=O) groups is 1. The largest absolute Gasteiger partial charge is 0.396 e. The molecule has 0 aromatic carbocycles. The minimum atomic E-state index is 0.0639. The number of aromatic nitrogens is 2. The highest BCUT2D eigenvalue weighted by Gasteiger charge is 2.32. The summed E-state index contributed by atoms with van der Waals surface area (Å²) >= 11 is 1.76. The molecule has 1 fully saturated rings. The minimum absolute atomic E-state index is 0.0639. The lowest BCUT2D eigenvalue weighted by atomic mass is 9.90. The van der Waals surface area contributed by atoms with Crippen LogP contribution in [0.5, 0.6) is 0 Å². The molecule has 0 radical (unpaired) electrons. The third-order valence-corrected chi connectivity index (χ3v) is 7.76. The van der Waals surface area contributed by atoms with Gasteiger partial charge >= 0.3 is 0 Å². The molecule has 1 atom stereocenters. The van der Waals surface area contributed by atoms with Gasteiger partial charge in [0, 0.05) is 36.5 Å². The van der Waals surface area contributed by atoms with Crippen LogP contribution in [0.2, 0.25) is 0 Å². The molecule has 30 heavy (non-hydrogen) atoms. The standard InChI is InChI=1S/C22H33N5O2S/c1-27(2)16-7-5-15(6-8-16)26-21-20-19-14(12-18(29)23-10-3-11-28)4-9-17(19)30-22(20)25-13-24-21/h13-16,28H,3-12H2,1-2H3,(H,23,29)(H,24,25,26). The molecule has 0 aliphatic heterocycles. The van der Waals surface area contributed by atoms with Crippen molar-refractivity contribution in [1.29, 1.82) is 0 Å². The third kappa shape index (κ3) is 4.60. The Morgan fingerprint density at radius 2 is 2.03 bits per heavy atom. The Morgan fingerprint density at radius 3 is 2.77 bits per heavy atom. The van der Waals surface area contributed by atoms with Crippen molar-refractivity contribution in [2.75, 3.05) is 32.6 Å². The molecule has 2 aliphatic rings. The zero-order valence-electron chi connectivity index (χ0n) is 18.0. The zero-order valence-corrected chi connectivity index (χ0v) is 18.8. The Balaban J connectivity index is 1.50. The molecule has 2 aromatic heterocycles. The second-order valence-electron chi connectivity index (χ2n) is 8.82. The zero-order chi connectivity index (χ0) is 21.1. The Labute approximate surface area is 182 Å². The van der Waals surface area contributed by atoms with Gasteiger partial charge < -0.3 is 20.6 Å². The van der Waals surface area contributed by atoms with Crippen molar-refractivity contribution in [1.82, 2.24) is 20.2 Å². The summed E-state index contributed by atoms with van der Waals surface area (Å²) in [5.74, 6) is 1.23. The molecular formula is C22H33N5O2S. The van der Waals surface area contributed by atoms with Crippen molar-refractivity contribution in [3.8, 4) is 0 Å². The SMILES string of the molecule is CN(C)C1CCC(Nc2ncnc3sc4c(c23)C(CC(=O)NCCCO)CC4)CC1. The van der Waals surface area contributed by atoms with E-state index in [1.807, 2.05) is 0 Å². The number of nitrogens with zero attached hydrogens (tertiary/aromatic N) is 3. The fraction of sp³-hybridized carbons (Fsp3) is 0.682. The maximum atomic E-state index is 12.4. The van der Waals surface area contributed by atoms with E-state index in [-0.39, 0.29) is 18.4 Å². The van der Waals surface area contributed by atoms with Gasteiger partial charge in [-0.15, -0.1) is 11.3 Å². The molecule has 3 N–H and O–H groups in total. The van der Waals surface area contributed by atoms with Crippen LogP contribution in [-0.4, -0.2) is 65.2 Å². The Hall–Kier alpha value is -1.77. The number of anilines is 1. The van der Waals surface area contributed by atoms with Gasteiger partial charge in [0.1, 0.15) is 17.0 Å². The van der Waals surface area contributed by atoms with Crippen LogP contribution in [0.4, 0.5) is 5.82 Å². The number of hydrogen-bond acceptors (Lipinski definition) is 7. The lowest BCUT2D eigenvalue weighted by Gasteiger charge is -2.33. The summed E-state index contributed by atoms with van der Waals surface area (Å²) in [6.07, 6.45) is 9.49. The molecule has 2 aliphatic carbocycles. The average molecular weight is 432 g/mol. The van der Waals surface area contributed by atoms with Gasteiger partial charge in [0.15, 0.2) is 0 Å². The number of nitrogens with one attached hydrogen (secondary N) is 2. The summed E-state index contributed by atoms with van der Waals surface area (Å²) in [6.45, 7) is 0.636. The number of aliphatic hydroxyl groups excluding tert-OH is 1. The van der Waals surface area contributed by atoms with E-state index in [0.29, 0.717) is 31.5 Å². The van der Waals surface area contributed by atoms with E-state index in [1.165, 1.54) is 23.3 Å². The summed E-state index contributed by atoms with van der Waals surface area (Å²) in [5, 5.41) is 16.7. The Morgan fingerprint density at radius 1 is 1.23 bits per heavy atom. The molecule has 1 unspecified atom stereocenters. The van der Waals surface area contributed by atoms with Crippen LogP contribution >= 0.6 is 11.3 Å². The normalized spacial score (nSPS) is 23.7. The molecule has 7 nitrogen and oxygen atoms in total. The van der Waals surface area contributed by atoms with Gasteiger partial charge in [-0.1, -0.05) is 0 Å². The van der Waals surface area contributed by atoms with Crippen LogP contribution in [-0.2, 0) is 11.2 Å². The third-order valence-electron chi connectivity index (χ3n) is 6.59. The number of aliphatic hydroxyl groups is 1.